The van der Waals surface area contributed by atoms with E-state index in [1.165, 1.54) is 0 Å². The Balaban J connectivity index is 1.55. The van der Waals surface area contributed by atoms with Gasteiger partial charge in [0.05, 0.1) is 51.3 Å². The van der Waals surface area contributed by atoms with Crippen molar-refractivity contribution in [1.82, 2.24) is 0 Å². The predicted octanol–water partition coefficient (Wildman–Crippen LogP) is 8.71. The number of nitrogens with zero attached hydrogens (tertiary/aromatic N) is 4. The zero-order valence-corrected chi connectivity index (χ0v) is 30.4. The number of hydrogen-bond donors (Lipinski definition) is 0. The van der Waals surface area contributed by atoms with Gasteiger partial charge in [0, 0.05) is 33.4 Å². The number of aliphatic imine (C=N–C) groups is 4. The normalized spacial score (nSPS) is 19.0. The molecule has 0 radical (unpaired) electrons. The van der Waals surface area contributed by atoms with Crippen LogP contribution in [0.2, 0.25) is 0 Å². The minimum Gasteiger partial charge on any atom is -0.497 e. The molecule has 2 unspecified atom stereocenters. The molecule has 0 saturated carbocycles. The Morgan fingerprint density at radius 1 is 0.333 bits per heavy atom. The molecule has 0 saturated heterocycles. The van der Waals surface area contributed by atoms with E-state index >= 15 is 0 Å². The topological polar surface area (TPSA) is 86.4 Å². The van der Waals surface area contributed by atoms with Crippen LogP contribution in [0.15, 0.2) is 178 Å². The zero-order valence-electron chi connectivity index (χ0n) is 30.4. The molecule has 6 aromatic rings. The van der Waals surface area contributed by atoms with Crippen molar-refractivity contribution in [1.29, 1.82) is 0 Å². The highest BCUT2D eigenvalue weighted by Gasteiger charge is 2.60. The van der Waals surface area contributed by atoms with E-state index in [-0.39, 0.29) is 0 Å². The maximum Gasteiger partial charge on any atom is 0.226 e. The molecule has 0 spiro atoms. The van der Waals surface area contributed by atoms with Crippen molar-refractivity contribution in [3.63, 3.8) is 0 Å². The number of rotatable bonds is 11. The maximum atomic E-state index is 5.95. The summed E-state index contributed by atoms with van der Waals surface area (Å²) >= 11 is 0. The lowest BCUT2D eigenvalue weighted by molar-refractivity contribution is 0.256. The Labute approximate surface area is 314 Å². The summed E-state index contributed by atoms with van der Waals surface area (Å²) in [4.78, 5) is 23.1. The van der Waals surface area contributed by atoms with Crippen LogP contribution >= 0.6 is 0 Å². The molecule has 0 amide bonds. The van der Waals surface area contributed by atoms with Crippen LogP contribution in [-0.4, -0.2) is 51.3 Å². The van der Waals surface area contributed by atoms with E-state index in [9.17, 15) is 0 Å². The van der Waals surface area contributed by atoms with E-state index in [0.717, 1.165) is 33.4 Å². The van der Waals surface area contributed by atoms with Gasteiger partial charge in [0.25, 0.3) is 0 Å². The number of ether oxygens (including phenoxy) is 4. The fourth-order valence-electron chi connectivity index (χ4n) is 7.18. The van der Waals surface area contributed by atoms with Crippen LogP contribution in [0.3, 0.4) is 0 Å². The molecule has 54 heavy (non-hydrogen) atoms. The molecule has 0 bridgehead atoms. The SMILES string of the molecule is COc1ccc(C2(C3(c4ccc(OC)cc4)N=C(c4ccccc4)C(c4ccccc4OC)=N3)N=C(c3ccccc3)C(c3ccccc3OC)=N2)cc1. The quantitative estimate of drug-likeness (QED) is 0.135. The smallest absolute Gasteiger partial charge is 0.226 e. The van der Waals surface area contributed by atoms with Gasteiger partial charge >= 0.3 is 0 Å². The molecule has 2 aliphatic rings. The third-order valence-corrected chi connectivity index (χ3v) is 9.83. The predicted molar refractivity (Wildman–Crippen MR) is 214 cm³/mol. The lowest BCUT2D eigenvalue weighted by atomic mass is 9.82. The summed E-state index contributed by atoms with van der Waals surface area (Å²) in [5.74, 6) is 2.73. The third-order valence-electron chi connectivity index (χ3n) is 9.83. The highest BCUT2D eigenvalue weighted by atomic mass is 16.5. The minimum atomic E-state index is -1.49. The van der Waals surface area contributed by atoms with Crippen molar-refractivity contribution in [3.05, 3.63) is 191 Å². The molecule has 2 heterocycles. The Bertz CT molecular complexity index is 2250. The maximum absolute atomic E-state index is 5.95. The number of benzene rings is 6. The average molecular weight is 711 g/mol. The van der Waals surface area contributed by atoms with Gasteiger partial charge in [-0.1, -0.05) is 109 Å². The number of methoxy groups -OCH3 is 4. The summed E-state index contributed by atoms with van der Waals surface area (Å²) in [6, 6.07) is 51.6. The zero-order chi connectivity index (χ0) is 37.1. The summed E-state index contributed by atoms with van der Waals surface area (Å²) in [6.45, 7) is 0. The van der Waals surface area contributed by atoms with E-state index in [4.69, 9.17) is 38.9 Å². The van der Waals surface area contributed by atoms with Crippen LogP contribution in [0.1, 0.15) is 33.4 Å². The molecule has 8 heteroatoms. The summed E-state index contributed by atoms with van der Waals surface area (Å²) in [5, 5.41) is 0. The van der Waals surface area contributed by atoms with Gasteiger partial charge in [0.15, 0.2) is 0 Å². The molecule has 0 aliphatic carbocycles. The van der Waals surface area contributed by atoms with E-state index in [1.807, 2.05) is 158 Å². The molecule has 6 aromatic carbocycles. The van der Waals surface area contributed by atoms with Crippen molar-refractivity contribution in [2.45, 2.75) is 11.3 Å². The molecule has 266 valence electrons. The highest BCUT2D eigenvalue weighted by molar-refractivity contribution is 6.56. The number of para-hydroxylation sites is 2. The molecule has 0 aromatic heterocycles. The average Bonchev–Trinajstić information content (AvgIpc) is 3.87. The second-order valence-electron chi connectivity index (χ2n) is 12.8. The Morgan fingerprint density at radius 2 is 0.667 bits per heavy atom. The fourth-order valence-corrected chi connectivity index (χ4v) is 7.18. The molecule has 0 N–H and O–H groups in total. The molecular formula is C46H38N4O4. The van der Waals surface area contributed by atoms with Gasteiger partial charge in [-0.05, 0) is 48.5 Å². The van der Waals surface area contributed by atoms with Crippen LogP contribution < -0.4 is 18.9 Å². The minimum absolute atomic E-state index is 0.653. The number of hydrogen-bond acceptors (Lipinski definition) is 8. The fraction of sp³-hybridized carbons (Fsp3) is 0.130. The van der Waals surface area contributed by atoms with Crippen LogP contribution in [0.5, 0.6) is 23.0 Å². The first kappa shape index (κ1) is 34.3. The van der Waals surface area contributed by atoms with Crippen molar-refractivity contribution in [2.75, 3.05) is 28.4 Å². The van der Waals surface area contributed by atoms with Gasteiger partial charge in [-0.15, -0.1) is 0 Å². The van der Waals surface area contributed by atoms with Gasteiger partial charge < -0.3 is 18.9 Å². The van der Waals surface area contributed by atoms with E-state index in [2.05, 4.69) is 0 Å². The Hall–Kier alpha value is -6.80. The van der Waals surface area contributed by atoms with Crippen molar-refractivity contribution in [2.24, 2.45) is 20.0 Å². The third kappa shape index (κ3) is 5.72. The molecule has 8 rings (SSSR count). The standard InChI is InChI=1S/C46H38N4O4/c1-51-35-27-23-33(24-28-35)45(47-41(31-15-7-5-8-16-31)43(49-45)37-19-11-13-21-39(37)53-3)46(34-25-29-36(52-2)30-26-34)48-42(32-17-9-6-10-18-32)44(50-46)38-20-12-14-22-40(38)54-4/h5-30H,1-4H3. The summed E-state index contributed by atoms with van der Waals surface area (Å²) in [6.07, 6.45) is 0. The van der Waals surface area contributed by atoms with Crippen LogP contribution in [0.25, 0.3) is 0 Å². The van der Waals surface area contributed by atoms with Crippen LogP contribution in [0.4, 0.5) is 0 Å². The Kier molecular flexibility index (Phi) is 9.09. The van der Waals surface area contributed by atoms with E-state index < -0.39 is 11.3 Å². The molecule has 8 nitrogen and oxygen atoms in total. The molecular weight excluding hydrogens is 673 g/mol. The second-order valence-corrected chi connectivity index (χ2v) is 12.8. The van der Waals surface area contributed by atoms with Gasteiger partial charge in [0.2, 0.25) is 11.3 Å². The molecule has 2 aliphatic heterocycles. The Morgan fingerprint density at radius 3 is 1.02 bits per heavy atom. The second kappa shape index (κ2) is 14.3. The first-order chi connectivity index (χ1) is 26.5. The van der Waals surface area contributed by atoms with Gasteiger partial charge in [-0.2, -0.15) is 0 Å². The highest BCUT2D eigenvalue weighted by Crippen LogP contribution is 2.55. The largest absolute Gasteiger partial charge is 0.497 e. The first-order valence-electron chi connectivity index (χ1n) is 17.6. The van der Waals surface area contributed by atoms with E-state index in [1.54, 1.807) is 28.4 Å². The van der Waals surface area contributed by atoms with Gasteiger partial charge in [-0.25, -0.2) is 20.0 Å². The molecule has 0 fully saturated rings. The van der Waals surface area contributed by atoms with Crippen LogP contribution in [-0.2, 0) is 11.3 Å². The summed E-state index contributed by atoms with van der Waals surface area (Å²) in [7, 11) is 6.64. The van der Waals surface area contributed by atoms with Crippen molar-refractivity contribution < 1.29 is 18.9 Å². The van der Waals surface area contributed by atoms with Gasteiger partial charge in [-0.3, -0.25) is 0 Å². The van der Waals surface area contributed by atoms with E-state index in [0.29, 0.717) is 45.8 Å². The van der Waals surface area contributed by atoms with Gasteiger partial charge in [0.1, 0.15) is 23.0 Å². The summed E-state index contributed by atoms with van der Waals surface area (Å²) in [5.41, 5.74) is 4.59. The first-order valence-corrected chi connectivity index (χ1v) is 17.6. The van der Waals surface area contributed by atoms with Crippen molar-refractivity contribution >= 4 is 22.8 Å². The molecule has 2 atom stereocenters. The van der Waals surface area contributed by atoms with Crippen LogP contribution in [0, 0.1) is 0 Å². The lowest BCUT2D eigenvalue weighted by Gasteiger charge is -2.38. The lowest BCUT2D eigenvalue weighted by Crippen LogP contribution is -2.43. The monoisotopic (exact) mass is 710 g/mol. The summed E-state index contributed by atoms with van der Waals surface area (Å²) < 4.78 is 23.2. The van der Waals surface area contributed by atoms with Crippen molar-refractivity contribution in [3.8, 4) is 23.0 Å².